The molecule has 0 aliphatic carbocycles. The summed E-state index contributed by atoms with van der Waals surface area (Å²) in [5.74, 6) is 0.0235. The predicted octanol–water partition coefficient (Wildman–Crippen LogP) is 2.59. The topological polar surface area (TPSA) is 75.6 Å². The van der Waals surface area contributed by atoms with Gasteiger partial charge in [-0.3, -0.25) is 0 Å². The first kappa shape index (κ1) is 15.9. The van der Waals surface area contributed by atoms with Crippen LogP contribution in [0.25, 0.3) is 0 Å². The number of aromatic hydroxyl groups is 1. The fourth-order valence-corrected chi connectivity index (χ4v) is 2.54. The molecule has 1 aromatic heterocycles. The fraction of sp³-hybridized carbons (Fsp3) is 0.643. The number of rotatable bonds is 1. The van der Waals surface area contributed by atoms with E-state index in [1.54, 1.807) is 4.90 Å². The summed E-state index contributed by atoms with van der Waals surface area (Å²) in [5, 5.41) is 10.5. The highest BCUT2D eigenvalue weighted by Crippen LogP contribution is 2.27. The van der Waals surface area contributed by atoms with Crippen molar-refractivity contribution in [3.05, 3.63) is 11.3 Å². The SMILES string of the molecule is CSc1nc(O)c2c(n1)CN(C(=O)OC(C)(C)C)CCC2. The lowest BCUT2D eigenvalue weighted by atomic mass is 10.1. The second-order valence-corrected chi connectivity index (χ2v) is 6.74. The van der Waals surface area contributed by atoms with Crippen LogP contribution in [0.3, 0.4) is 0 Å². The third-order valence-electron chi connectivity index (χ3n) is 3.08. The van der Waals surface area contributed by atoms with Crippen LogP contribution in [0.1, 0.15) is 38.4 Å². The van der Waals surface area contributed by atoms with Crippen molar-refractivity contribution in [2.45, 2.75) is 50.9 Å². The highest BCUT2D eigenvalue weighted by molar-refractivity contribution is 7.98. The molecule has 0 bridgehead atoms. The van der Waals surface area contributed by atoms with Gasteiger partial charge in [-0.05, 0) is 39.9 Å². The molecule has 0 aromatic carbocycles. The first-order valence-electron chi connectivity index (χ1n) is 6.91. The second kappa shape index (κ2) is 6.09. The Kier molecular flexibility index (Phi) is 4.61. The largest absolute Gasteiger partial charge is 0.493 e. The maximum Gasteiger partial charge on any atom is 0.410 e. The summed E-state index contributed by atoms with van der Waals surface area (Å²) in [4.78, 5) is 22.3. The molecule has 0 atom stereocenters. The van der Waals surface area contributed by atoms with E-state index in [-0.39, 0.29) is 12.0 Å². The number of nitrogens with zero attached hydrogens (tertiary/aromatic N) is 3. The van der Waals surface area contributed by atoms with Gasteiger partial charge in [0.05, 0.1) is 12.2 Å². The number of carbonyl (C=O) groups excluding carboxylic acids is 1. The average Bonchev–Trinajstić information content (AvgIpc) is 2.59. The van der Waals surface area contributed by atoms with Gasteiger partial charge >= 0.3 is 6.09 Å². The standard InChI is InChI=1S/C14H21N3O3S/c1-14(2,3)20-13(19)17-7-5-6-9-10(8-17)15-12(21-4)16-11(9)18/h5-8H2,1-4H3,(H,15,16,18). The first-order chi connectivity index (χ1) is 9.80. The first-order valence-corrected chi connectivity index (χ1v) is 8.13. The second-order valence-electron chi connectivity index (χ2n) is 5.96. The summed E-state index contributed by atoms with van der Waals surface area (Å²) >= 11 is 1.37. The molecule has 1 amide bonds. The highest BCUT2D eigenvalue weighted by atomic mass is 32.2. The normalized spacial score (nSPS) is 15.3. The van der Waals surface area contributed by atoms with Gasteiger partial charge in [0.15, 0.2) is 5.16 Å². The lowest BCUT2D eigenvalue weighted by Gasteiger charge is -2.26. The lowest BCUT2D eigenvalue weighted by Crippen LogP contribution is -2.36. The molecule has 1 aliphatic heterocycles. The quantitative estimate of drug-likeness (QED) is 0.634. The Morgan fingerprint density at radius 3 is 2.71 bits per heavy atom. The van der Waals surface area contributed by atoms with Crippen LogP contribution in [0.2, 0.25) is 0 Å². The van der Waals surface area contributed by atoms with Gasteiger partial charge in [-0.15, -0.1) is 0 Å². The van der Waals surface area contributed by atoms with Gasteiger partial charge < -0.3 is 14.7 Å². The van der Waals surface area contributed by atoms with Gasteiger partial charge in [-0.25, -0.2) is 9.78 Å². The predicted molar refractivity (Wildman–Crippen MR) is 80.4 cm³/mol. The molecule has 1 N–H and O–H groups in total. The zero-order chi connectivity index (χ0) is 15.6. The van der Waals surface area contributed by atoms with Gasteiger partial charge in [-0.1, -0.05) is 11.8 Å². The van der Waals surface area contributed by atoms with Crippen molar-refractivity contribution in [1.82, 2.24) is 14.9 Å². The van der Waals surface area contributed by atoms with Crippen LogP contribution < -0.4 is 0 Å². The Hall–Kier alpha value is -1.50. The van der Waals surface area contributed by atoms with Crippen LogP contribution in [0.5, 0.6) is 5.88 Å². The van der Waals surface area contributed by atoms with Gasteiger partial charge in [0, 0.05) is 12.1 Å². The van der Waals surface area contributed by atoms with Crippen LogP contribution >= 0.6 is 11.8 Å². The van der Waals surface area contributed by atoms with E-state index < -0.39 is 5.60 Å². The summed E-state index contributed by atoms with van der Waals surface area (Å²) in [5.41, 5.74) is 0.916. The minimum absolute atomic E-state index is 0.0235. The van der Waals surface area contributed by atoms with Crippen LogP contribution in [-0.2, 0) is 17.7 Å². The molecule has 2 heterocycles. The summed E-state index contributed by atoms with van der Waals surface area (Å²) in [6.07, 6.45) is 2.92. The molecule has 0 unspecified atom stereocenters. The Balaban J connectivity index is 2.24. The monoisotopic (exact) mass is 311 g/mol. The van der Waals surface area contributed by atoms with Crippen molar-refractivity contribution in [3.8, 4) is 5.88 Å². The number of thioether (sulfide) groups is 1. The molecular formula is C14H21N3O3S. The molecule has 2 rings (SSSR count). The van der Waals surface area contributed by atoms with Crippen LogP contribution in [-0.4, -0.2) is 44.5 Å². The number of fused-ring (bicyclic) bond motifs is 1. The van der Waals surface area contributed by atoms with Crippen molar-refractivity contribution >= 4 is 17.9 Å². The highest BCUT2D eigenvalue weighted by Gasteiger charge is 2.26. The molecule has 1 aliphatic rings. The van der Waals surface area contributed by atoms with E-state index in [1.165, 1.54) is 11.8 Å². The molecule has 0 spiro atoms. The van der Waals surface area contributed by atoms with Crippen molar-refractivity contribution in [1.29, 1.82) is 0 Å². The third kappa shape index (κ3) is 4.00. The Morgan fingerprint density at radius 1 is 1.38 bits per heavy atom. The number of aromatic nitrogens is 2. The van der Waals surface area contributed by atoms with E-state index in [1.807, 2.05) is 27.0 Å². The average molecular weight is 311 g/mol. The fourth-order valence-electron chi connectivity index (χ4n) is 2.16. The van der Waals surface area contributed by atoms with Crippen LogP contribution in [0.15, 0.2) is 5.16 Å². The van der Waals surface area contributed by atoms with Gasteiger partial charge in [0.25, 0.3) is 0 Å². The number of carbonyl (C=O) groups is 1. The summed E-state index contributed by atoms with van der Waals surface area (Å²) in [7, 11) is 0. The zero-order valence-electron chi connectivity index (χ0n) is 12.8. The molecule has 0 fully saturated rings. The Bertz CT molecular complexity index is 543. The molecule has 0 radical (unpaired) electrons. The summed E-state index contributed by atoms with van der Waals surface area (Å²) in [6, 6.07) is 0. The number of hydrogen-bond acceptors (Lipinski definition) is 6. The molecular weight excluding hydrogens is 290 g/mol. The molecule has 21 heavy (non-hydrogen) atoms. The minimum atomic E-state index is -0.523. The smallest absolute Gasteiger partial charge is 0.410 e. The number of amides is 1. The van der Waals surface area contributed by atoms with E-state index in [9.17, 15) is 9.90 Å². The molecule has 7 heteroatoms. The van der Waals surface area contributed by atoms with Crippen molar-refractivity contribution in [3.63, 3.8) is 0 Å². The van der Waals surface area contributed by atoms with Crippen LogP contribution in [0, 0.1) is 0 Å². The Labute approximate surface area is 128 Å². The van der Waals surface area contributed by atoms with Crippen molar-refractivity contribution in [2.24, 2.45) is 0 Å². The number of ether oxygens (including phenoxy) is 1. The van der Waals surface area contributed by atoms with E-state index >= 15 is 0 Å². The van der Waals surface area contributed by atoms with Crippen molar-refractivity contribution in [2.75, 3.05) is 12.8 Å². The van der Waals surface area contributed by atoms with Gasteiger partial charge in [0.1, 0.15) is 5.60 Å². The molecule has 116 valence electrons. The third-order valence-corrected chi connectivity index (χ3v) is 3.63. The van der Waals surface area contributed by atoms with E-state index in [0.29, 0.717) is 30.4 Å². The zero-order valence-corrected chi connectivity index (χ0v) is 13.7. The molecule has 0 saturated carbocycles. The van der Waals surface area contributed by atoms with Gasteiger partial charge in [-0.2, -0.15) is 4.98 Å². The maximum absolute atomic E-state index is 12.2. The van der Waals surface area contributed by atoms with E-state index in [2.05, 4.69) is 9.97 Å². The van der Waals surface area contributed by atoms with E-state index in [4.69, 9.17) is 4.74 Å². The van der Waals surface area contributed by atoms with Crippen molar-refractivity contribution < 1.29 is 14.6 Å². The molecule has 6 nitrogen and oxygen atoms in total. The number of hydrogen-bond donors (Lipinski definition) is 1. The summed E-state index contributed by atoms with van der Waals surface area (Å²) < 4.78 is 5.41. The maximum atomic E-state index is 12.2. The summed E-state index contributed by atoms with van der Waals surface area (Å²) in [6.45, 7) is 6.46. The Morgan fingerprint density at radius 2 is 2.10 bits per heavy atom. The van der Waals surface area contributed by atoms with E-state index in [0.717, 1.165) is 12.0 Å². The lowest BCUT2D eigenvalue weighted by molar-refractivity contribution is 0.0234. The van der Waals surface area contributed by atoms with Crippen LogP contribution in [0.4, 0.5) is 4.79 Å². The molecule has 1 aromatic rings. The van der Waals surface area contributed by atoms with Gasteiger partial charge in [0.2, 0.25) is 5.88 Å². The molecule has 0 saturated heterocycles. The minimum Gasteiger partial charge on any atom is -0.493 e.